The van der Waals surface area contributed by atoms with Gasteiger partial charge in [-0.05, 0) is 38.6 Å². The van der Waals surface area contributed by atoms with E-state index in [0.717, 1.165) is 0 Å². The predicted molar refractivity (Wildman–Crippen MR) is 106 cm³/mol. The number of rotatable bonds is 15. The number of carboxylic acids is 1. The summed E-state index contributed by atoms with van der Waals surface area (Å²) in [6.45, 7) is 0.607. The third-order valence-electron chi connectivity index (χ3n) is 3.90. The molecule has 0 aliphatic heterocycles. The van der Waals surface area contributed by atoms with Crippen molar-refractivity contribution in [3.8, 4) is 0 Å². The topological polar surface area (TPSA) is 255 Å². The second kappa shape index (κ2) is 14.1. The van der Waals surface area contributed by atoms with Crippen LogP contribution in [0, 0.1) is 0 Å². The lowest BCUT2D eigenvalue weighted by molar-refractivity contribution is -0.142. The van der Waals surface area contributed by atoms with Gasteiger partial charge in [0.25, 0.3) is 0 Å². The van der Waals surface area contributed by atoms with Crippen molar-refractivity contribution in [2.75, 3.05) is 13.1 Å². The van der Waals surface area contributed by atoms with E-state index in [1.54, 1.807) is 0 Å². The van der Waals surface area contributed by atoms with Gasteiger partial charge >= 0.3 is 5.97 Å². The van der Waals surface area contributed by atoms with Gasteiger partial charge in [-0.1, -0.05) is 0 Å². The average molecular weight is 416 g/mol. The smallest absolute Gasteiger partial charge is 0.326 e. The zero-order chi connectivity index (χ0) is 22.4. The standard InChI is InChI=1S/C16H32N8O5/c17-6-2-1-4-11(15(28)29)24-14(27)10(5-3-7-22-16(20)21)23-13(26)9(18)8-12(19)25/h9-11H,1-8,17-18H2,(H2,19,25)(H,23,26)(H,24,27)(H,28,29)(H4,20,21,22)/t9-,10-,11-/m0/s1. The number of nitrogens with zero attached hydrogens (tertiary/aromatic N) is 1. The summed E-state index contributed by atoms with van der Waals surface area (Å²) < 4.78 is 0. The number of primary amides is 1. The molecule has 0 aliphatic carbocycles. The van der Waals surface area contributed by atoms with Gasteiger partial charge in [-0.2, -0.15) is 0 Å². The number of carbonyl (C=O) groups is 4. The second-order valence-electron chi connectivity index (χ2n) is 6.47. The normalized spacial score (nSPS) is 13.6. The van der Waals surface area contributed by atoms with E-state index in [1.165, 1.54) is 0 Å². The number of hydrogen-bond donors (Lipinski definition) is 8. The summed E-state index contributed by atoms with van der Waals surface area (Å²) >= 11 is 0. The highest BCUT2D eigenvalue weighted by Gasteiger charge is 2.27. The molecule has 0 aromatic rings. The summed E-state index contributed by atoms with van der Waals surface area (Å²) in [4.78, 5) is 50.8. The summed E-state index contributed by atoms with van der Waals surface area (Å²) in [5, 5.41) is 14.1. The number of carboxylic acid groups (broad SMARTS) is 1. The number of unbranched alkanes of at least 4 members (excludes halogenated alkanes) is 1. The first-order valence-electron chi connectivity index (χ1n) is 9.21. The number of nitrogens with one attached hydrogen (secondary N) is 2. The van der Waals surface area contributed by atoms with Crippen LogP contribution >= 0.6 is 0 Å². The molecule has 0 spiro atoms. The predicted octanol–water partition coefficient (Wildman–Crippen LogP) is -3.57. The Bertz CT molecular complexity index is 594. The van der Waals surface area contributed by atoms with E-state index in [1.807, 2.05) is 0 Å². The number of guanidine groups is 1. The van der Waals surface area contributed by atoms with Gasteiger partial charge in [0.1, 0.15) is 12.1 Å². The molecule has 0 radical (unpaired) electrons. The monoisotopic (exact) mass is 416 g/mol. The van der Waals surface area contributed by atoms with E-state index in [9.17, 15) is 24.3 Å². The van der Waals surface area contributed by atoms with Crippen LogP contribution < -0.4 is 39.3 Å². The molecule has 13 N–H and O–H groups in total. The average Bonchev–Trinajstić information content (AvgIpc) is 2.62. The van der Waals surface area contributed by atoms with Gasteiger partial charge in [0.15, 0.2) is 5.96 Å². The molecule has 0 unspecified atom stereocenters. The van der Waals surface area contributed by atoms with Crippen LogP contribution in [-0.4, -0.2) is 66.0 Å². The molecule has 13 nitrogen and oxygen atoms in total. The lowest BCUT2D eigenvalue weighted by Crippen LogP contribution is -2.54. The maximum atomic E-state index is 12.6. The van der Waals surface area contributed by atoms with Gasteiger partial charge in [0, 0.05) is 6.54 Å². The first-order chi connectivity index (χ1) is 13.6. The molecule has 13 heteroatoms. The molecular formula is C16H32N8O5. The van der Waals surface area contributed by atoms with Crippen molar-refractivity contribution in [3.63, 3.8) is 0 Å². The van der Waals surface area contributed by atoms with E-state index in [4.69, 9.17) is 28.7 Å². The molecule has 0 rings (SSSR count). The number of carbonyl (C=O) groups excluding carboxylic acids is 3. The summed E-state index contributed by atoms with van der Waals surface area (Å²) in [6.07, 6.45) is 1.36. The number of aliphatic carboxylic acids is 1. The Morgan fingerprint density at radius 2 is 1.48 bits per heavy atom. The summed E-state index contributed by atoms with van der Waals surface area (Å²) in [5.41, 5.74) is 26.5. The van der Waals surface area contributed by atoms with Crippen molar-refractivity contribution < 1.29 is 24.3 Å². The van der Waals surface area contributed by atoms with Crippen LogP contribution in [0.4, 0.5) is 0 Å². The minimum atomic E-state index is -1.24. The van der Waals surface area contributed by atoms with Gasteiger partial charge in [0.05, 0.1) is 12.5 Å². The van der Waals surface area contributed by atoms with Crippen molar-refractivity contribution in [3.05, 3.63) is 0 Å². The van der Waals surface area contributed by atoms with Crippen molar-refractivity contribution in [2.24, 2.45) is 33.7 Å². The molecule has 0 aliphatic rings. The molecule has 29 heavy (non-hydrogen) atoms. The van der Waals surface area contributed by atoms with E-state index in [0.29, 0.717) is 25.8 Å². The van der Waals surface area contributed by atoms with Crippen molar-refractivity contribution in [1.29, 1.82) is 0 Å². The third kappa shape index (κ3) is 12.2. The van der Waals surface area contributed by atoms with Gasteiger partial charge < -0.3 is 44.4 Å². The number of amides is 3. The molecular weight excluding hydrogens is 384 g/mol. The molecule has 0 saturated heterocycles. The Labute approximate surface area is 168 Å². The molecule has 0 saturated carbocycles. The van der Waals surface area contributed by atoms with E-state index < -0.39 is 48.2 Å². The molecule has 0 aromatic heterocycles. The van der Waals surface area contributed by atoms with Crippen LogP contribution in [-0.2, 0) is 19.2 Å². The maximum absolute atomic E-state index is 12.6. The van der Waals surface area contributed by atoms with E-state index in [-0.39, 0.29) is 25.3 Å². The quantitative estimate of drug-likeness (QED) is 0.0744. The van der Waals surface area contributed by atoms with Gasteiger partial charge in [-0.15, -0.1) is 0 Å². The lowest BCUT2D eigenvalue weighted by atomic mass is 10.1. The fourth-order valence-corrected chi connectivity index (χ4v) is 2.38. The van der Waals surface area contributed by atoms with Crippen molar-refractivity contribution >= 4 is 29.7 Å². The minimum Gasteiger partial charge on any atom is -0.480 e. The highest BCUT2D eigenvalue weighted by atomic mass is 16.4. The zero-order valence-electron chi connectivity index (χ0n) is 16.3. The van der Waals surface area contributed by atoms with Gasteiger partial charge in [0.2, 0.25) is 17.7 Å². The number of nitrogens with two attached hydrogens (primary N) is 5. The summed E-state index contributed by atoms with van der Waals surface area (Å²) in [7, 11) is 0. The molecule has 0 heterocycles. The summed E-state index contributed by atoms with van der Waals surface area (Å²) in [6, 6.07) is -3.46. The SMILES string of the molecule is NCCCC[C@H](NC(=O)[C@H](CCCN=C(N)N)NC(=O)[C@@H](N)CC(N)=O)C(=O)O. The van der Waals surface area contributed by atoms with Gasteiger partial charge in [-0.25, -0.2) is 4.79 Å². The number of hydrogen-bond acceptors (Lipinski definition) is 7. The molecule has 166 valence electrons. The lowest BCUT2D eigenvalue weighted by Gasteiger charge is -2.22. The van der Waals surface area contributed by atoms with Crippen molar-refractivity contribution in [2.45, 2.75) is 56.7 Å². The second-order valence-corrected chi connectivity index (χ2v) is 6.47. The fourth-order valence-electron chi connectivity index (χ4n) is 2.38. The zero-order valence-corrected chi connectivity index (χ0v) is 16.3. The van der Waals surface area contributed by atoms with Crippen LogP contribution in [0.5, 0.6) is 0 Å². The van der Waals surface area contributed by atoms with Crippen LogP contribution in [0.15, 0.2) is 4.99 Å². The molecule has 3 amide bonds. The molecule has 0 aromatic carbocycles. The number of aliphatic imine (C=N–C) groups is 1. The van der Waals surface area contributed by atoms with Gasteiger partial charge in [-0.3, -0.25) is 19.4 Å². The van der Waals surface area contributed by atoms with E-state index >= 15 is 0 Å². The fraction of sp³-hybridized carbons (Fsp3) is 0.688. The Kier molecular flexibility index (Phi) is 12.7. The third-order valence-corrected chi connectivity index (χ3v) is 3.90. The Morgan fingerprint density at radius 1 is 0.897 bits per heavy atom. The van der Waals surface area contributed by atoms with Crippen LogP contribution in [0.3, 0.4) is 0 Å². The Hall–Kier alpha value is -2.93. The minimum absolute atomic E-state index is 0.118. The Balaban J connectivity index is 5.09. The molecule has 0 fully saturated rings. The summed E-state index contributed by atoms with van der Waals surface area (Å²) in [5.74, 6) is -3.56. The Morgan fingerprint density at radius 3 is 2.00 bits per heavy atom. The van der Waals surface area contributed by atoms with Crippen LogP contribution in [0.2, 0.25) is 0 Å². The highest BCUT2D eigenvalue weighted by molar-refractivity contribution is 5.93. The first kappa shape index (κ1) is 26.1. The highest BCUT2D eigenvalue weighted by Crippen LogP contribution is 2.05. The van der Waals surface area contributed by atoms with Crippen LogP contribution in [0.1, 0.15) is 38.5 Å². The van der Waals surface area contributed by atoms with E-state index in [2.05, 4.69) is 15.6 Å². The largest absolute Gasteiger partial charge is 0.480 e. The maximum Gasteiger partial charge on any atom is 0.326 e. The molecule has 0 bridgehead atoms. The first-order valence-corrected chi connectivity index (χ1v) is 9.21. The molecule has 3 atom stereocenters. The van der Waals surface area contributed by atoms with Crippen molar-refractivity contribution in [1.82, 2.24) is 10.6 Å². The van der Waals surface area contributed by atoms with Crippen LogP contribution in [0.25, 0.3) is 0 Å².